The molecule has 0 aliphatic carbocycles. The fourth-order valence-electron chi connectivity index (χ4n) is 3.47. The Kier molecular flexibility index (Phi) is 7.78. The Bertz CT molecular complexity index is 806. The average molecular weight is 430 g/mol. The number of sulfonamides is 1. The standard InChI is InChI=1S/C18H31N5O5S/c1-6-22(7-2)16(24)12-21-8-10-23(11-9-21)18(25)14(4)20-29(26,27)17-13(3)19-28-15(17)5/h14,20H,6-12H2,1-5H3/t14-/m0/s1. The normalized spacial score (nSPS) is 16.7. The van der Waals surface area contributed by atoms with Gasteiger partial charge in [0, 0.05) is 39.3 Å². The molecule has 2 rings (SSSR count). The summed E-state index contributed by atoms with van der Waals surface area (Å²) in [4.78, 5) is 30.3. The van der Waals surface area contributed by atoms with E-state index in [1.807, 2.05) is 18.7 Å². The summed E-state index contributed by atoms with van der Waals surface area (Å²) in [5, 5.41) is 3.65. The predicted molar refractivity (Wildman–Crippen MR) is 107 cm³/mol. The first-order valence-corrected chi connectivity index (χ1v) is 11.3. The number of hydrogen-bond acceptors (Lipinski definition) is 7. The lowest BCUT2D eigenvalue weighted by atomic mass is 10.2. The lowest BCUT2D eigenvalue weighted by molar-refractivity contribution is -0.135. The van der Waals surface area contributed by atoms with Gasteiger partial charge in [-0.3, -0.25) is 14.5 Å². The van der Waals surface area contributed by atoms with E-state index in [1.165, 1.54) is 20.8 Å². The molecule has 0 saturated carbocycles. The van der Waals surface area contributed by atoms with Gasteiger partial charge < -0.3 is 14.3 Å². The molecule has 29 heavy (non-hydrogen) atoms. The van der Waals surface area contributed by atoms with Crippen LogP contribution < -0.4 is 4.72 Å². The number of carbonyl (C=O) groups is 2. The molecule has 2 amide bonds. The van der Waals surface area contributed by atoms with E-state index in [-0.39, 0.29) is 28.2 Å². The number of amides is 2. The van der Waals surface area contributed by atoms with Crippen LogP contribution in [0.1, 0.15) is 32.2 Å². The fourth-order valence-corrected chi connectivity index (χ4v) is 4.99. The van der Waals surface area contributed by atoms with Crippen LogP contribution in [0.2, 0.25) is 0 Å². The first-order valence-electron chi connectivity index (χ1n) is 9.84. The second-order valence-corrected chi connectivity index (χ2v) is 8.81. The van der Waals surface area contributed by atoms with E-state index in [0.29, 0.717) is 45.8 Å². The molecule has 1 N–H and O–H groups in total. The highest BCUT2D eigenvalue weighted by molar-refractivity contribution is 7.89. The first-order chi connectivity index (χ1) is 13.6. The van der Waals surface area contributed by atoms with Crippen molar-refractivity contribution in [1.82, 2.24) is 24.6 Å². The van der Waals surface area contributed by atoms with E-state index in [2.05, 4.69) is 9.88 Å². The molecule has 1 saturated heterocycles. The summed E-state index contributed by atoms with van der Waals surface area (Å²) >= 11 is 0. The minimum absolute atomic E-state index is 0.0307. The second kappa shape index (κ2) is 9.68. The van der Waals surface area contributed by atoms with Gasteiger partial charge in [0.05, 0.1) is 12.6 Å². The number of carbonyl (C=O) groups excluding carboxylic acids is 2. The monoisotopic (exact) mass is 429 g/mol. The topological polar surface area (TPSA) is 116 Å². The van der Waals surface area contributed by atoms with Crippen molar-refractivity contribution in [2.45, 2.75) is 45.6 Å². The van der Waals surface area contributed by atoms with Crippen LogP contribution in [0.3, 0.4) is 0 Å². The molecular weight excluding hydrogens is 398 g/mol. The van der Waals surface area contributed by atoms with Crippen molar-refractivity contribution in [3.05, 3.63) is 11.5 Å². The summed E-state index contributed by atoms with van der Waals surface area (Å²) in [6.45, 7) is 12.2. The van der Waals surface area contributed by atoms with Gasteiger partial charge in [-0.15, -0.1) is 0 Å². The number of nitrogens with zero attached hydrogens (tertiary/aromatic N) is 4. The molecular formula is C18H31N5O5S. The van der Waals surface area contributed by atoms with Crippen LogP contribution in [0.5, 0.6) is 0 Å². The van der Waals surface area contributed by atoms with Gasteiger partial charge in [-0.25, -0.2) is 8.42 Å². The van der Waals surface area contributed by atoms with Crippen LogP contribution >= 0.6 is 0 Å². The molecule has 1 aromatic rings. The Balaban J connectivity index is 1.91. The first kappa shape index (κ1) is 23.3. The van der Waals surface area contributed by atoms with Crippen LogP contribution in [0.25, 0.3) is 0 Å². The number of aryl methyl sites for hydroxylation is 2. The molecule has 0 unspecified atom stereocenters. The molecule has 1 aliphatic rings. The van der Waals surface area contributed by atoms with Crippen molar-refractivity contribution in [2.24, 2.45) is 0 Å². The smallest absolute Gasteiger partial charge is 0.246 e. The zero-order valence-electron chi connectivity index (χ0n) is 17.8. The summed E-state index contributed by atoms with van der Waals surface area (Å²) in [6, 6.07) is -0.919. The molecule has 0 bridgehead atoms. The highest BCUT2D eigenvalue weighted by atomic mass is 32.2. The molecule has 0 spiro atoms. The third-order valence-corrected chi connectivity index (χ3v) is 6.88. The number of rotatable bonds is 8. The van der Waals surface area contributed by atoms with E-state index < -0.39 is 16.1 Å². The Morgan fingerprint density at radius 1 is 1.17 bits per heavy atom. The van der Waals surface area contributed by atoms with Gasteiger partial charge in [-0.1, -0.05) is 5.16 Å². The van der Waals surface area contributed by atoms with E-state index in [4.69, 9.17) is 4.52 Å². The fraction of sp³-hybridized carbons (Fsp3) is 0.722. The second-order valence-electron chi connectivity index (χ2n) is 7.16. The Hall–Kier alpha value is -1.98. The third kappa shape index (κ3) is 5.55. The molecule has 1 aliphatic heterocycles. The number of nitrogens with one attached hydrogen (secondary N) is 1. The minimum Gasteiger partial charge on any atom is -0.360 e. The van der Waals surface area contributed by atoms with Crippen LogP contribution in [0.4, 0.5) is 0 Å². The molecule has 1 aromatic heterocycles. The zero-order valence-corrected chi connectivity index (χ0v) is 18.6. The van der Waals surface area contributed by atoms with Crippen molar-refractivity contribution in [1.29, 1.82) is 0 Å². The molecule has 0 aromatic carbocycles. The third-order valence-electron chi connectivity index (χ3n) is 5.10. The number of likely N-dealkylation sites (N-methyl/N-ethyl adjacent to an activating group) is 1. The maximum absolute atomic E-state index is 12.7. The van der Waals surface area contributed by atoms with E-state index in [9.17, 15) is 18.0 Å². The molecule has 1 atom stereocenters. The highest BCUT2D eigenvalue weighted by Crippen LogP contribution is 2.19. The summed E-state index contributed by atoms with van der Waals surface area (Å²) < 4.78 is 32.5. The lowest BCUT2D eigenvalue weighted by Gasteiger charge is -2.36. The molecule has 2 heterocycles. The van der Waals surface area contributed by atoms with Crippen molar-refractivity contribution >= 4 is 21.8 Å². The Morgan fingerprint density at radius 3 is 2.24 bits per heavy atom. The predicted octanol–water partition coefficient (Wildman–Crippen LogP) is -0.0292. The quantitative estimate of drug-likeness (QED) is 0.617. The summed E-state index contributed by atoms with van der Waals surface area (Å²) in [7, 11) is -3.92. The number of hydrogen-bond donors (Lipinski definition) is 1. The van der Waals surface area contributed by atoms with Gasteiger partial charge in [0.1, 0.15) is 10.6 Å². The summed E-state index contributed by atoms with van der Waals surface area (Å²) in [6.07, 6.45) is 0. The van der Waals surface area contributed by atoms with Crippen molar-refractivity contribution in [2.75, 3.05) is 45.8 Å². The number of piperazine rings is 1. The summed E-state index contributed by atoms with van der Waals surface area (Å²) in [5.74, 6) is -0.0356. The minimum atomic E-state index is -3.92. The van der Waals surface area contributed by atoms with Crippen LogP contribution in [0.15, 0.2) is 9.42 Å². The Labute approximate surface area is 172 Å². The van der Waals surface area contributed by atoms with Gasteiger partial charge in [-0.2, -0.15) is 4.72 Å². The van der Waals surface area contributed by atoms with Crippen LogP contribution in [-0.2, 0) is 19.6 Å². The van der Waals surface area contributed by atoms with Crippen molar-refractivity contribution in [3.63, 3.8) is 0 Å². The molecule has 164 valence electrons. The maximum atomic E-state index is 12.7. The van der Waals surface area contributed by atoms with Crippen molar-refractivity contribution in [3.8, 4) is 0 Å². The van der Waals surface area contributed by atoms with Gasteiger partial charge in [0.25, 0.3) is 0 Å². The molecule has 10 nitrogen and oxygen atoms in total. The van der Waals surface area contributed by atoms with Gasteiger partial charge >= 0.3 is 0 Å². The zero-order chi connectivity index (χ0) is 21.8. The van der Waals surface area contributed by atoms with Crippen LogP contribution in [0, 0.1) is 13.8 Å². The highest BCUT2D eigenvalue weighted by Gasteiger charge is 2.31. The summed E-state index contributed by atoms with van der Waals surface area (Å²) in [5.41, 5.74) is 0.251. The van der Waals surface area contributed by atoms with Crippen molar-refractivity contribution < 1.29 is 22.5 Å². The largest absolute Gasteiger partial charge is 0.360 e. The van der Waals surface area contributed by atoms with E-state index in [0.717, 1.165) is 0 Å². The van der Waals surface area contributed by atoms with Gasteiger partial charge in [-0.05, 0) is 34.6 Å². The van der Waals surface area contributed by atoms with Gasteiger partial charge in [0.2, 0.25) is 21.8 Å². The average Bonchev–Trinajstić information content (AvgIpc) is 3.01. The lowest BCUT2D eigenvalue weighted by Crippen LogP contribution is -2.55. The molecule has 1 fully saturated rings. The maximum Gasteiger partial charge on any atom is 0.246 e. The molecule has 0 radical (unpaired) electrons. The van der Waals surface area contributed by atoms with Crippen LogP contribution in [-0.4, -0.2) is 91.9 Å². The van der Waals surface area contributed by atoms with E-state index >= 15 is 0 Å². The number of aromatic nitrogens is 1. The van der Waals surface area contributed by atoms with E-state index in [1.54, 1.807) is 9.80 Å². The SMILES string of the molecule is CCN(CC)C(=O)CN1CCN(C(=O)[C@H](C)NS(=O)(=O)c2c(C)noc2C)CC1. The van der Waals surface area contributed by atoms with Gasteiger partial charge in [0.15, 0.2) is 5.76 Å². The Morgan fingerprint density at radius 2 is 1.76 bits per heavy atom. The molecule has 11 heteroatoms.